The smallest absolute Gasteiger partial charge is 0.128 e. The summed E-state index contributed by atoms with van der Waals surface area (Å²) in [5, 5.41) is 0.830. The molecular weight excluding hydrogens is 309 g/mol. The van der Waals surface area contributed by atoms with Gasteiger partial charge in [-0.3, -0.25) is 0 Å². The molecule has 0 aromatic heterocycles. The summed E-state index contributed by atoms with van der Waals surface area (Å²) in [4.78, 5) is 13.6. The van der Waals surface area contributed by atoms with Crippen LogP contribution in [0.2, 0.25) is 88.9 Å². The van der Waals surface area contributed by atoms with Gasteiger partial charge in [-0.05, 0) is 0 Å². The molecule has 0 fully saturated rings. The molecule has 0 atom stereocenters. The second-order valence-corrected chi connectivity index (χ2v) is 33.1. The first-order valence-corrected chi connectivity index (χ1v) is 22.2. The van der Waals surface area contributed by atoms with E-state index in [-0.39, 0.29) is 0 Å². The van der Waals surface area contributed by atoms with E-state index >= 15 is 0 Å². The number of Topliss-reactive ketones (excluding diaryl/α,β-unsaturated/α-hetero) is 1. The third-order valence-corrected chi connectivity index (χ3v) is 22.5. The highest BCUT2D eigenvalue weighted by Gasteiger charge is 2.51. The Bertz CT molecular complexity index is 288. The molecule has 0 bridgehead atoms. The minimum Gasteiger partial charge on any atom is -0.300 e. The fourth-order valence-corrected chi connectivity index (χ4v) is 30.0. The van der Waals surface area contributed by atoms with E-state index in [2.05, 4.69) is 78.6 Å². The molecule has 0 heterocycles. The third kappa shape index (κ3) is 5.39. The van der Waals surface area contributed by atoms with E-state index in [9.17, 15) is 4.79 Å². The molecule has 0 aliphatic carbocycles. The molecule has 0 saturated carbocycles. The van der Waals surface area contributed by atoms with E-state index in [0.717, 1.165) is 0 Å². The SMILES string of the molecule is C[Si](C)(C)C(C(=O)C([Si](C)(C)C)[Si](C)(C)C)[Si](C)(C)C. The monoisotopic (exact) mass is 346 g/mol. The Morgan fingerprint density at radius 2 is 0.650 bits per heavy atom. The zero-order chi connectivity index (χ0) is 16.7. The van der Waals surface area contributed by atoms with E-state index in [1.807, 2.05) is 0 Å². The summed E-state index contributed by atoms with van der Waals surface area (Å²) < 4.78 is 0. The second kappa shape index (κ2) is 5.97. The van der Waals surface area contributed by atoms with Crippen molar-refractivity contribution >= 4 is 38.1 Å². The number of carbonyl (C=O) groups excluding carboxylic acids is 1. The topological polar surface area (TPSA) is 17.1 Å². The summed E-state index contributed by atoms with van der Waals surface area (Å²) in [6, 6.07) is 0. The number of hydrogen-bond acceptors (Lipinski definition) is 1. The Kier molecular flexibility index (Phi) is 6.13. The first-order chi connectivity index (χ1) is 8.40. The molecule has 0 aliphatic heterocycles. The highest BCUT2D eigenvalue weighted by molar-refractivity contribution is 7.05. The van der Waals surface area contributed by atoms with Crippen LogP contribution in [0.3, 0.4) is 0 Å². The molecule has 1 nitrogen and oxygen atoms in total. The maximum atomic E-state index is 13.6. The molecule has 20 heavy (non-hydrogen) atoms. The van der Waals surface area contributed by atoms with Gasteiger partial charge < -0.3 is 4.79 Å². The molecule has 0 aliphatic rings. The largest absolute Gasteiger partial charge is 0.300 e. The maximum absolute atomic E-state index is 13.6. The van der Waals surface area contributed by atoms with Crippen LogP contribution < -0.4 is 0 Å². The Balaban J connectivity index is 5.89. The predicted octanol–water partition coefficient (Wildman–Crippen LogP) is 5.73. The molecule has 0 aromatic rings. The van der Waals surface area contributed by atoms with E-state index in [4.69, 9.17) is 0 Å². The van der Waals surface area contributed by atoms with Gasteiger partial charge in [0.25, 0.3) is 0 Å². The molecule has 0 aromatic carbocycles. The number of rotatable bonds is 6. The van der Waals surface area contributed by atoms with Crippen LogP contribution in [0.1, 0.15) is 0 Å². The van der Waals surface area contributed by atoms with Crippen molar-refractivity contribution in [2.45, 2.75) is 88.9 Å². The van der Waals surface area contributed by atoms with Crippen molar-refractivity contribution in [2.24, 2.45) is 0 Å². The fraction of sp³-hybridized carbons (Fsp3) is 0.933. The van der Waals surface area contributed by atoms with Crippen LogP contribution in [0.5, 0.6) is 0 Å². The zero-order valence-electron chi connectivity index (χ0n) is 16.1. The number of ketones is 1. The Labute approximate surface area is 132 Å². The number of carbonyl (C=O) groups is 1. The van der Waals surface area contributed by atoms with Crippen LogP contribution in [0.15, 0.2) is 0 Å². The highest BCUT2D eigenvalue weighted by atomic mass is 28.4. The van der Waals surface area contributed by atoms with Crippen LogP contribution in [0.25, 0.3) is 0 Å². The first-order valence-electron chi connectivity index (χ1n) is 7.94. The van der Waals surface area contributed by atoms with Crippen molar-refractivity contribution in [2.75, 3.05) is 0 Å². The molecule has 0 N–H and O–H groups in total. The molecule has 0 rings (SSSR count). The summed E-state index contributed by atoms with van der Waals surface area (Å²) >= 11 is 0. The van der Waals surface area contributed by atoms with Crippen molar-refractivity contribution in [1.29, 1.82) is 0 Å². The van der Waals surface area contributed by atoms with E-state index < -0.39 is 32.3 Å². The summed E-state index contributed by atoms with van der Waals surface area (Å²) in [6.07, 6.45) is 0. The van der Waals surface area contributed by atoms with Gasteiger partial charge in [-0.15, -0.1) is 0 Å². The molecule has 120 valence electrons. The van der Waals surface area contributed by atoms with E-state index in [1.165, 1.54) is 0 Å². The van der Waals surface area contributed by atoms with E-state index in [1.54, 1.807) is 0 Å². The molecule has 5 heteroatoms. The third-order valence-electron chi connectivity index (χ3n) is 4.03. The summed E-state index contributed by atoms with van der Waals surface area (Å²) in [5.74, 6) is 0.682. The lowest BCUT2D eigenvalue weighted by atomic mass is 10.5. The van der Waals surface area contributed by atoms with Gasteiger partial charge >= 0.3 is 0 Å². The molecule has 0 unspecified atom stereocenters. The second-order valence-electron chi connectivity index (χ2n) is 10.7. The van der Waals surface area contributed by atoms with Crippen LogP contribution in [-0.4, -0.2) is 38.1 Å². The van der Waals surface area contributed by atoms with Gasteiger partial charge in [0.2, 0.25) is 0 Å². The van der Waals surface area contributed by atoms with Gasteiger partial charge in [0, 0.05) is 10.3 Å². The average molecular weight is 347 g/mol. The van der Waals surface area contributed by atoms with Crippen molar-refractivity contribution in [3.63, 3.8) is 0 Å². The highest BCUT2D eigenvalue weighted by Crippen LogP contribution is 2.43. The van der Waals surface area contributed by atoms with Crippen molar-refractivity contribution in [1.82, 2.24) is 0 Å². The summed E-state index contributed by atoms with van der Waals surface area (Å²) in [5.41, 5.74) is 0. The van der Waals surface area contributed by atoms with Gasteiger partial charge in [0.05, 0.1) is 32.3 Å². The molecular formula is C15H38OSi4. The quantitative estimate of drug-likeness (QED) is 0.561. The van der Waals surface area contributed by atoms with Crippen LogP contribution in [0, 0.1) is 0 Å². The van der Waals surface area contributed by atoms with Crippen LogP contribution in [-0.2, 0) is 4.79 Å². The predicted molar refractivity (Wildman–Crippen MR) is 106 cm³/mol. The molecule has 0 spiro atoms. The minimum absolute atomic E-state index is 0.415. The standard InChI is InChI=1S/C15H38OSi4/c1-17(2,3)14(18(4,5)6)13(16)15(19(7,8)9)20(10,11)12/h14-15H,1-12H3. The Morgan fingerprint density at radius 1 is 0.500 bits per heavy atom. The van der Waals surface area contributed by atoms with Gasteiger partial charge in [0.1, 0.15) is 5.78 Å². The molecule has 0 saturated heterocycles. The normalized spacial score (nSPS) is 15.1. The van der Waals surface area contributed by atoms with Gasteiger partial charge in [-0.2, -0.15) is 0 Å². The van der Waals surface area contributed by atoms with Gasteiger partial charge in [0.15, 0.2) is 0 Å². The lowest BCUT2D eigenvalue weighted by Gasteiger charge is -2.45. The summed E-state index contributed by atoms with van der Waals surface area (Å²) in [7, 11) is -5.80. The lowest BCUT2D eigenvalue weighted by molar-refractivity contribution is -0.116. The molecule has 0 radical (unpaired) electrons. The van der Waals surface area contributed by atoms with Gasteiger partial charge in [-0.25, -0.2) is 0 Å². The maximum Gasteiger partial charge on any atom is 0.128 e. The first kappa shape index (κ1) is 20.5. The fourth-order valence-electron chi connectivity index (χ4n) is 4.47. The zero-order valence-corrected chi connectivity index (χ0v) is 20.1. The number of hydrogen-bond donors (Lipinski definition) is 0. The van der Waals surface area contributed by atoms with Gasteiger partial charge in [-0.1, -0.05) is 78.6 Å². The minimum atomic E-state index is -1.45. The van der Waals surface area contributed by atoms with Crippen LogP contribution in [0.4, 0.5) is 0 Å². The Hall–Kier alpha value is 0.538. The Morgan fingerprint density at radius 3 is 0.750 bits per heavy atom. The van der Waals surface area contributed by atoms with Crippen LogP contribution >= 0.6 is 0 Å². The lowest BCUT2D eigenvalue weighted by Crippen LogP contribution is -2.56. The van der Waals surface area contributed by atoms with Crippen molar-refractivity contribution < 1.29 is 4.79 Å². The molecule has 0 amide bonds. The van der Waals surface area contributed by atoms with Crippen molar-refractivity contribution in [3.05, 3.63) is 0 Å². The van der Waals surface area contributed by atoms with Crippen molar-refractivity contribution in [3.8, 4) is 0 Å². The average Bonchev–Trinajstić information content (AvgIpc) is 1.88. The summed E-state index contributed by atoms with van der Waals surface area (Å²) in [6.45, 7) is 28.8. The van der Waals surface area contributed by atoms with E-state index in [0.29, 0.717) is 16.1 Å².